The molecule has 7 nitrogen and oxygen atoms in total. The number of aromatic nitrogens is 2. The minimum Gasteiger partial charge on any atom is -0.473 e. The number of ether oxygens (including phenoxy) is 2. The van der Waals surface area contributed by atoms with E-state index in [4.69, 9.17) is 15.2 Å². The number of carbonyl (C=O) groups excluding carboxylic acids is 1. The van der Waals surface area contributed by atoms with Gasteiger partial charge >= 0.3 is 0 Å². The molecule has 0 unspecified atom stereocenters. The summed E-state index contributed by atoms with van der Waals surface area (Å²) in [5.74, 6) is -1.42. The molecule has 3 N–H and O–H groups in total. The van der Waals surface area contributed by atoms with Crippen molar-refractivity contribution in [3.05, 3.63) is 64.4 Å². The topological polar surface area (TPSA) is 90.9 Å². The SMILES string of the molecule is Cc1cc(OCc2c(F)cccc2F)n2nc(C)c(C(=O)N[C@H]3COC[C@H]3N)c2c1. The summed E-state index contributed by atoms with van der Waals surface area (Å²) in [6, 6.07) is 6.58. The van der Waals surface area contributed by atoms with E-state index in [1.54, 1.807) is 19.1 Å². The van der Waals surface area contributed by atoms with Crippen LogP contribution in [0.4, 0.5) is 8.78 Å². The predicted molar refractivity (Wildman–Crippen MR) is 105 cm³/mol. The third-order valence-electron chi connectivity index (χ3n) is 5.11. The highest BCUT2D eigenvalue weighted by molar-refractivity contribution is 6.02. The number of hydrogen-bond acceptors (Lipinski definition) is 5. The van der Waals surface area contributed by atoms with Crippen LogP contribution in [0, 0.1) is 25.5 Å². The summed E-state index contributed by atoms with van der Waals surface area (Å²) in [6.45, 7) is 3.98. The average Bonchev–Trinajstić information content (AvgIpc) is 3.23. The summed E-state index contributed by atoms with van der Waals surface area (Å²) >= 11 is 0. The number of hydrogen-bond donors (Lipinski definition) is 2. The Hall–Kier alpha value is -3.04. The lowest BCUT2D eigenvalue weighted by Gasteiger charge is -2.15. The van der Waals surface area contributed by atoms with Gasteiger partial charge in [0.1, 0.15) is 18.2 Å². The molecule has 9 heteroatoms. The average molecular weight is 416 g/mol. The molecule has 2 aromatic heterocycles. The van der Waals surface area contributed by atoms with E-state index in [1.165, 1.54) is 22.7 Å². The third-order valence-corrected chi connectivity index (χ3v) is 5.11. The molecular formula is C21H22F2N4O3. The molecule has 1 aliphatic rings. The van der Waals surface area contributed by atoms with Gasteiger partial charge in [0.15, 0.2) is 0 Å². The molecule has 3 aromatic rings. The number of pyridine rings is 1. The molecule has 1 saturated heterocycles. The van der Waals surface area contributed by atoms with Gasteiger partial charge in [0.05, 0.1) is 47.6 Å². The van der Waals surface area contributed by atoms with Crippen molar-refractivity contribution in [3.8, 4) is 5.88 Å². The molecule has 30 heavy (non-hydrogen) atoms. The van der Waals surface area contributed by atoms with Crippen molar-refractivity contribution in [2.75, 3.05) is 13.2 Å². The van der Waals surface area contributed by atoms with Crippen molar-refractivity contribution in [1.29, 1.82) is 0 Å². The van der Waals surface area contributed by atoms with Crippen LogP contribution in [-0.2, 0) is 11.3 Å². The molecule has 158 valence electrons. The van der Waals surface area contributed by atoms with Gasteiger partial charge in [-0.3, -0.25) is 4.79 Å². The lowest BCUT2D eigenvalue weighted by atomic mass is 10.1. The molecular weight excluding hydrogens is 394 g/mol. The third kappa shape index (κ3) is 3.73. The van der Waals surface area contributed by atoms with Crippen LogP contribution < -0.4 is 15.8 Å². The Bertz CT molecular complexity index is 1100. The van der Waals surface area contributed by atoms with Gasteiger partial charge in [-0.2, -0.15) is 9.61 Å². The standard InChI is InChI=1S/C21H22F2N4O3/c1-11-6-18-20(21(28)25-17-10-29-9-16(17)24)12(2)26-27(18)19(7-11)30-8-13-14(22)4-3-5-15(13)23/h3-7,16-17H,8-10,24H2,1-2H3,(H,25,28)/t16-,17+/m1/s1. The fourth-order valence-electron chi connectivity index (χ4n) is 3.52. The van der Waals surface area contributed by atoms with Crippen molar-refractivity contribution < 1.29 is 23.0 Å². The van der Waals surface area contributed by atoms with Crippen LogP contribution >= 0.6 is 0 Å². The Kier molecular flexibility index (Phi) is 5.40. The number of aryl methyl sites for hydroxylation is 2. The second-order valence-corrected chi connectivity index (χ2v) is 7.40. The first-order valence-corrected chi connectivity index (χ1v) is 9.55. The van der Waals surface area contributed by atoms with Gasteiger partial charge in [-0.25, -0.2) is 8.78 Å². The maximum atomic E-state index is 13.9. The van der Waals surface area contributed by atoms with E-state index in [1.807, 2.05) is 6.92 Å². The summed E-state index contributed by atoms with van der Waals surface area (Å²) < 4.78 is 40.3. The minimum absolute atomic E-state index is 0.177. The first kappa shape index (κ1) is 20.2. The zero-order chi connectivity index (χ0) is 21.4. The van der Waals surface area contributed by atoms with Gasteiger partial charge in [0, 0.05) is 6.07 Å². The normalized spacial score (nSPS) is 18.7. The van der Waals surface area contributed by atoms with Crippen molar-refractivity contribution >= 4 is 11.4 Å². The van der Waals surface area contributed by atoms with Crippen LogP contribution in [0.2, 0.25) is 0 Å². The molecule has 0 saturated carbocycles. The van der Waals surface area contributed by atoms with Gasteiger partial charge in [0.2, 0.25) is 5.88 Å². The number of fused-ring (bicyclic) bond motifs is 1. The number of nitrogens with one attached hydrogen (secondary N) is 1. The fraction of sp³-hybridized carbons (Fsp3) is 0.333. The van der Waals surface area contributed by atoms with Crippen molar-refractivity contribution in [2.45, 2.75) is 32.5 Å². The summed E-state index contributed by atoms with van der Waals surface area (Å²) in [7, 11) is 0. The maximum Gasteiger partial charge on any atom is 0.255 e. The Morgan fingerprint density at radius 2 is 2.03 bits per heavy atom. The predicted octanol–water partition coefficient (Wildman–Crippen LogP) is 2.26. The molecule has 2 atom stereocenters. The molecule has 0 spiro atoms. The van der Waals surface area contributed by atoms with Gasteiger partial charge in [-0.05, 0) is 37.6 Å². The number of nitrogens with zero attached hydrogens (tertiary/aromatic N) is 2. The van der Waals surface area contributed by atoms with Gasteiger partial charge in [-0.1, -0.05) is 6.07 Å². The second-order valence-electron chi connectivity index (χ2n) is 7.40. The van der Waals surface area contributed by atoms with Crippen LogP contribution in [0.15, 0.2) is 30.3 Å². The number of rotatable bonds is 5. The molecule has 1 aliphatic heterocycles. The first-order valence-electron chi connectivity index (χ1n) is 9.55. The zero-order valence-corrected chi connectivity index (χ0v) is 16.6. The highest BCUT2D eigenvalue weighted by Gasteiger charge is 2.29. The van der Waals surface area contributed by atoms with Crippen LogP contribution in [0.5, 0.6) is 5.88 Å². The number of carbonyl (C=O) groups is 1. The fourth-order valence-corrected chi connectivity index (χ4v) is 3.52. The van der Waals surface area contributed by atoms with Crippen LogP contribution in [0.25, 0.3) is 5.52 Å². The molecule has 0 bridgehead atoms. The van der Waals surface area contributed by atoms with Crippen LogP contribution in [0.1, 0.15) is 27.2 Å². The molecule has 1 aromatic carbocycles. The van der Waals surface area contributed by atoms with Crippen molar-refractivity contribution in [3.63, 3.8) is 0 Å². The van der Waals surface area contributed by atoms with E-state index in [0.717, 1.165) is 5.56 Å². The van der Waals surface area contributed by atoms with E-state index in [9.17, 15) is 13.6 Å². The zero-order valence-electron chi connectivity index (χ0n) is 16.6. The van der Waals surface area contributed by atoms with Crippen molar-refractivity contribution in [1.82, 2.24) is 14.9 Å². The lowest BCUT2D eigenvalue weighted by Crippen LogP contribution is -2.46. The van der Waals surface area contributed by atoms with Crippen molar-refractivity contribution in [2.24, 2.45) is 5.73 Å². The minimum atomic E-state index is -0.689. The summed E-state index contributed by atoms with van der Waals surface area (Å²) in [5, 5.41) is 7.30. The quantitative estimate of drug-likeness (QED) is 0.666. The Morgan fingerprint density at radius 1 is 1.30 bits per heavy atom. The smallest absolute Gasteiger partial charge is 0.255 e. The monoisotopic (exact) mass is 416 g/mol. The summed E-state index contributed by atoms with van der Waals surface area (Å²) in [4.78, 5) is 12.9. The number of halogens is 2. The van der Waals surface area contributed by atoms with E-state index in [-0.39, 0.29) is 36.0 Å². The van der Waals surface area contributed by atoms with Gasteiger partial charge in [-0.15, -0.1) is 0 Å². The summed E-state index contributed by atoms with van der Waals surface area (Å²) in [6.07, 6.45) is 0. The van der Waals surface area contributed by atoms with Crippen LogP contribution in [0.3, 0.4) is 0 Å². The Labute approximate surface area is 171 Å². The molecule has 0 radical (unpaired) electrons. The number of benzene rings is 1. The van der Waals surface area contributed by atoms with E-state index in [2.05, 4.69) is 10.4 Å². The molecule has 3 heterocycles. The van der Waals surface area contributed by atoms with Crippen LogP contribution in [-0.4, -0.2) is 40.8 Å². The van der Waals surface area contributed by atoms with E-state index < -0.39 is 11.6 Å². The largest absolute Gasteiger partial charge is 0.473 e. The maximum absolute atomic E-state index is 13.9. The number of amides is 1. The second kappa shape index (κ2) is 8.00. The molecule has 4 rings (SSSR count). The first-order chi connectivity index (χ1) is 14.3. The summed E-state index contributed by atoms with van der Waals surface area (Å²) in [5.41, 5.74) is 8.00. The van der Waals surface area contributed by atoms with Gasteiger partial charge < -0.3 is 20.5 Å². The number of nitrogens with two attached hydrogens (primary N) is 1. The lowest BCUT2D eigenvalue weighted by molar-refractivity contribution is 0.0929. The van der Waals surface area contributed by atoms with E-state index in [0.29, 0.717) is 30.0 Å². The Morgan fingerprint density at radius 3 is 2.70 bits per heavy atom. The highest BCUT2D eigenvalue weighted by Crippen LogP contribution is 2.25. The van der Waals surface area contributed by atoms with Gasteiger partial charge in [0.25, 0.3) is 5.91 Å². The molecule has 0 aliphatic carbocycles. The molecule has 1 amide bonds. The van der Waals surface area contributed by atoms with E-state index >= 15 is 0 Å². The molecule has 1 fully saturated rings. The Balaban J connectivity index is 1.66. The highest BCUT2D eigenvalue weighted by atomic mass is 19.1.